The van der Waals surface area contributed by atoms with Crippen molar-refractivity contribution in [3.05, 3.63) is 41.2 Å². The van der Waals surface area contributed by atoms with Gasteiger partial charge in [-0.05, 0) is 37.2 Å². The SMILES string of the molecule is CCc1cccc2c(/C=C3/NC(=S)N(CC)C3=O)cn(CC(N)=O)c12. The Morgan fingerprint density at radius 3 is 2.72 bits per heavy atom. The summed E-state index contributed by atoms with van der Waals surface area (Å²) in [5.41, 5.74) is 8.77. The van der Waals surface area contributed by atoms with Gasteiger partial charge in [0.1, 0.15) is 12.2 Å². The van der Waals surface area contributed by atoms with Gasteiger partial charge in [-0.1, -0.05) is 25.1 Å². The third kappa shape index (κ3) is 3.02. The zero-order valence-electron chi connectivity index (χ0n) is 14.2. The molecule has 130 valence electrons. The van der Waals surface area contributed by atoms with E-state index in [0.717, 1.165) is 28.5 Å². The molecule has 1 aromatic carbocycles. The molecular formula is C18H20N4O2S. The molecule has 3 N–H and O–H groups in total. The lowest BCUT2D eigenvalue weighted by Crippen LogP contribution is -2.30. The monoisotopic (exact) mass is 356 g/mol. The molecule has 0 unspecified atom stereocenters. The first kappa shape index (κ1) is 17.2. The Morgan fingerprint density at radius 1 is 1.36 bits per heavy atom. The second-order valence-corrected chi connectivity index (χ2v) is 6.27. The highest BCUT2D eigenvalue weighted by Crippen LogP contribution is 2.27. The van der Waals surface area contributed by atoms with Crippen molar-refractivity contribution < 1.29 is 9.59 Å². The Balaban J connectivity index is 2.14. The van der Waals surface area contributed by atoms with Crippen LogP contribution in [-0.4, -0.2) is 32.9 Å². The van der Waals surface area contributed by atoms with Gasteiger partial charge in [-0.25, -0.2) is 0 Å². The average Bonchev–Trinajstić information content (AvgIpc) is 3.05. The fraction of sp³-hybridized carbons (Fsp3) is 0.278. The maximum absolute atomic E-state index is 12.4. The van der Waals surface area contributed by atoms with Gasteiger partial charge >= 0.3 is 0 Å². The molecule has 6 nitrogen and oxygen atoms in total. The van der Waals surface area contributed by atoms with E-state index in [4.69, 9.17) is 18.0 Å². The molecule has 3 rings (SSSR count). The zero-order chi connectivity index (χ0) is 18.1. The van der Waals surface area contributed by atoms with Gasteiger partial charge in [-0.15, -0.1) is 0 Å². The van der Waals surface area contributed by atoms with E-state index in [9.17, 15) is 9.59 Å². The summed E-state index contributed by atoms with van der Waals surface area (Å²) in [6, 6.07) is 5.99. The number of fused-ring (bicyclic) bond motifs is 1. The lowest BCUT2D eigenvalue weighted by molar-refractivity contribution is -0.122. The number of aromatic nitrogens is 1. The van der Waals surface area contributed by atoms with Crippen LogP contribution >= 0.6 is 12.2 Å². The van der Waals surface area contributed by atoms with E-state index >= 15 is 0 Å². The average molecular weight is 356 g/mol. The predicted octanol–water partition coefficient (Wildman–Crippen LogP) is 1.77. The van der Waals surface area contributed by atoms with Crippen LogP contribution in [0.4, 0.5) is 0 Å². The Morgan fingerprint density at radius 2 is 2.12 bits per heavy atom. The zero-order valence-corrected chi connectivity index (χ0v) is 15.0. The number of likely N-dealkylation sites (N-methyl/N-ethyl adjacent to an activating group) is 1. The second-order valence-electron chi connectivity index (χ2n) is 5.88. The molecule has 1 aliphatic heterocycles. The van der Waals surface area contributed by atoms with Crippen LogP contribution in [0.5, 0.6) is 0 Å². The van der Waals surface area contributed by atoms with Crippen LogP contribution < -0.4 is 11.1 Å². The van der Waals surface area contributed by atoms with Gasteiger partial charge in [0.25, 0.3) is 5.91 Å². The quantitative estimate of drug-likeness (QED) is 0.632. The molecule has 25 heavy (non-hydrogen) atoms. The summed E-state index contributed by atoms with van der Waals surface area (Å²) in [7, 11) is 0. The molecule has 0 bridgehead atoms. The highest BCUT2D eigenvalue weighted by atomic mass is 32.1. The molecule has 1 saturated heterocycles. The third-order valence-corrected chi connectivity index (χ3v) is 4.62. The Bertz CT molecular complexity index is 913. The number of para-hydroxylation sites is 1. The minimum atomic E-state index is -0.407. The van der Waals surface area contributed by atoms with Crippen molar-refractivity contribution in [3.8, 4) is 0 Å². The number of thiocarbonyl (C=S) groups is 1. The molecule has 1 fully saturated rings. The summed E-state index contributed by atoms with van der Waals surface area (Å²) in [6.45, 7) is 4.55. The minimum Gasteiger partial charge on any atom is -0.368 e. The van der Waals surface area contributed by atoms with Crippen LogP contribution in [0, 0.1) is 0 Å². The first-order valence-electron chi connectivity index (χ1n) is 8.19. The van der Waals surface area contributed by atoms with Gasteiger partial charge in [0.05, 0.1) is 5.52 Å². The number of rotatable bonds is 5. The summed E-state index contributed by atoms with van der Waals surface area (Å²) in [5, 5.41) is 4.35. The summed E-state index contributed by atoms with van der Waals surface area (Å²) in [6.07, 6.45) is 4.47. The Hall–Kier alpha value is -2.67. The Kier molecular flexibility index (Phi) is 4.59. The first-order chi connectivity index (χ1) is 12.0. The predicted molar refractivity (Wildman–Crippen MR) is 102 cm³/mol. The van der Waals surface area contributed by atoms with Crippen molar-refractivity contribution in [1.29, 1.82) is 0 Å². The molecule has 0 spiro atoms. The highest BCUT2D eigenvalue weighted by molar-refractivity contribution is 7.80. The Labute approximate surface area is 151 Å². The normalized spacial score (nSPS) is 16.1. The molecular weight excluding hydrogens is 336 g/mol. The van der Waals surface area contributed by atoms with Crippen LogP contribution in [-0.2, 0) is 22.6 Å². The van der Waals surface area contributed by atoms with Gasteiger partial charge in [0.15, 0.2) is 5.11 Å². The van der Waals surface area contributed by atoms with Crippen molar-refractivity contribution in [1.82, 2.24) is 14.8 Å². The molecule has 0 saturated carbocycles. The minimum absolute atomic E-state index is 0.0948. The van der Waals surface area contributed by atoms with Gasteiger partial charge in [0, 0.05) is 23.7 Å². The molecule has 0 aliphatic carbocycles. The number of carbonyl (C=O) groups excluding carboxylic acids is 2. The fourth-order valence-corrected chi connectivity index (χ4v) is 3.49. The summed E-state index contributed by atoms with van der Waals surface area (Å²) in [5.74, 6) is -0.551. The topological polar surface area (TPSA) is 80.4 Å². The van der Waals surface area contributed by atoms with Gasteiger partial charge < -0.3 is 15.6 Å². The molecule has 1 aromatic heterocycles. The number of hydrogen-bond acceptors (Lipinski definition) is 3. The standard InChI is InChI=1S/C18H20N4O2S/c1-3-11-6-5-7-13-12(9-21(16(11)13)10-15(19)23)8-14-17(24)22(4-2)18(25)20-14/h5-9H,3-4,10H2,1-2H3,(H2,19,23)(H,20,25)/b14-8+. The fourth-order valence-electron chi connectivity index (χ4n) is 3.17. The van der Waals surface area contributed by atoms with Crippen molar-refractivity contribution in [2.75, 3.05) is 6.54 Å². The molecule has 0 atom stereocenters. The number of hydrogen-bond donors (Lipinski definition) is 2. The molecule has 1 aliphatic rings. The van der Waals surface area contributed by atoms with Gasteiger partial charge in [0.2, 0.25) is 5.91 Å². The van der Waals surface area contributed by atoms with E-state index in [-0.39, 0.29) is 12.5 Å². The van der Waals surface area contributed by atoms with Crippen LogP contribution in [0.1, 0.15) is 25.0 Å². The van der Waals surface area contributed by atoms with Gasteiger partial charge in [-0.3, -0.25) is 14.5 Å². The third-order valence-electron chi connectivity index (χ3n) is 4.30. The molecule has 0 radical (unpaired) electrons. The largest absolute Gasteiger partial charge is 0.368 e. The molecule has 2 heterocycles. The highest BCUT2D eigenvalue weighted by Gasteiger charge is 2.29. The molecule has 7 heteroatoms. The van der Waals surface area contributed by atoms with E-state index < -0.39 is 5.91 Å². The van der Waals surface area contributed by atoms with Crippen molar-refractivity contribution >= 4 is 46.1 Å². The van der Waals surface area contributed by atoms with Crippen molar-refractivity contribution in [2.24, 2.45) is 5.73 Å². The summed E-state index contributed by atoms with van der Waals surface area (Å²) >= 11 is 5.19. The van der Waals surface area contributed by atoms with Crippen LogP contribution in [0.15, 0.2) is 30.1 Å². The second kappa shape index (κ2) is 6.68. The van der Waals surface area contributed by atoms with Gasteiger partial charge in [-0.2, -0.15) is 0 Å². The summed E-state index contributed by atoms with van der Waals surface area (Å²) < 4.78 is 1.85. The van der Waals surface area contributed by atoms with Crippen molar-refractivity contribution in [2.45, 2.75) is 26.8 Å². The van der Waals surface area contributed by atoms with Crippen molar-refractivity contribution in [3.63, 3.8) is 0 Å². The van der Waals surface area contributed by atoms with E-state index in [1.54, 1.807) is 6.08 Å². The van der Waals surface area contributed by atoms with Crippen LogP contribution in [0.3, 0.4) is 0 Å². The number of amides is 2. The lowest BCUT2D eigenvalue weighted by atomic mass is 10.1. The van der Waals surface area contributed by atoms with E-state index in [0.29, 0.717) is 17.4 Å². The van der Waals surface area contributed by atoms with Crippen LogP contribution in [0.2, 0.25) is 0 Å². The van der Waals surface area contributed by atoms with Crippen LogP contribution in [0.25, 0.3) is 17.0 Å². The van der Waals surface area contributed by atoms with E-state index in [2.05, 4.69) is 12.2 Å². The number of benzene rings is 1. The van der Waals surface area contributed by atoms with E-state index in [1.165, 1.54) is 4.90 Å². The van der Waals surface area contributed by atoms with E-state index in [1.807, 2.05) is 35.9 Å². The lowest BCUT2D eigenvalue weighted by Gasteiger charge is -2.08. The molecule has 2 amide bonds. The first-order valence-corrected chi connectivity index (χ1v) is 8.60. The molecule has 2 aromatic rings. The summed E-state index contributed by atoms with van der Waals surface area (Å²) in [4.78, 5) is 25.4. The number of nitrogens with one attached hydrogen (secondary N) is 1. The smallest absolute Gasteiger partial charge is 0.276 e. The number of primary amides is 1. The number of carbonyl (C=O) groups is 2. The number of nitrogens with zero attached hydrogens (tertiary/aromatic N) is 2. The number of aryl methyl sites for hydroxylation is 1. The maximum atomic E-state index is 12.4. The maximum Gasteiger partial charge on any atom is 0.276 e. The number of nitrogens with two attached hydrogens (primary N) is 1.